The second kappa shape index (κ2) is 43.7. The van der Waals surface area contributed by atoms with Gasteiger partial charge in [-0.05, 0) is 77.0 Å². The molecule has 0 bridgehead atoms. The molecule has 0 aliphatic heterocycles. The van der Waals surface area contributed by atoms with E-state index in [-0.39, 0.29) is 49.1 Å². The molecule has 0 aromatic heterocycles. The molecule has 0 aromatic carbocycles. The average molecular weight is 856 g/mol. The molecule has 8 nitrogen and oxygen atoms in total. The number of carboxylic acids is 1. The third-order valence-electron chi connectivity index (χ3n) is 10.9. The number of carbonyl (C=O) groups is 3. The number of carboxylic acid groups (broad SMARTS) is 1. The number of carbonyl (C=O) groups excluding carboxylic acids is 3. The molecule has 2 atom stereocenters. The topological polar surface area (TPSA) is 102 Å². The first-order chi connectivity index (χ1) is 29.6. The summed E-state index contributed by atoms with van der Waals surface area (Å²) in [5.74, 6) is -1.81. The molecule has 0 radical (unpaired) electrons. The van der Waals surface area contributed by atoms with Gasteiger partial charge in [0.25, 0.3) is 0 Å². The third kappa shape index (κ3) is 42.1. The molecule has 0 aliphatic rings. The second-order valence-electron chi connectivity index (χ2n) is 17.7. The van der Waals surface area contributed by atoms with Gasteiger partial charge in [-0.3, -0.25) is 9.59 Å². The maximum absolute atomic E-state index is 12.8. The summed E-state index contributed by atoms with van der Waals surface area (Å²) in [6.07, 6.45) is 54.0. The Morgan fingerprint density at radius 1 is 0.492 bits per heavy atom. The minimum atomic E-state index is -1.13. The van der Waals surface area contributed by atoms with Crippen molar-refractivity contribution in [3.8, 4) is 0 Å². The van der Waals surface area contributed by atoms with Gasteiger partial charge in [-0.1, -0.05) is 171 Å². The Balaban J connectivity index is 4.36. The summed E-state index contributed by atoms with van der Waals surface area (Å²) in [5.41, 5.74) is 0. The van der Waals surface area contributed by atoms with Crippen LogP contribution in [0.4, 0.5) is 0 Å². The van der Waals surface area contributed by atoms with Crippen LogP contribution in [0.3, 0.4) is 0 Å². The van der Waals surface area contributed by atoms with Crippen molar-refractivity contribution >= 4 is 17.9 Å². The molecule has 0 rings (SSSR count). The summed E-state index contributed by atoms with van der Waals surface area (Å²) in [4.78, 5) is 37.0. The SMILES string of the molecule is CCCCC/C=C/C/C=C/C/C=C/C/C=C/CCCC(=O)OCC(COCCC(C(=O)[O-])[N+](C)(C)C)OC(=O)CCCCCCCCC/C=C/CCCCCCCCCCC. The number of ether oxygens (including phenoxy) is 3. The van der Waals surface area contributed by atoms with Crippen LogP contribution in [0.2, 0.25) is 0 Å². The van der Waals surface area contributed by atoms with Crippen molar-refractivity contribution in [1.82, 2.24) is 0 Å². The summed E-state index contributed by atoms with van der Waals surface area (Å²) < 4.78 is 17.2. The van der Waals surface area contributed by atoms with Crippen LogP contribution in [0.25, 0.3) is 0 Å². The van der Waals surface area contributed by atoms with E-state index in [0.717, 1.165) is 44.9 Å². The molecule has 0 aromatic rings. The fourth-order valence-corrected chi connectivity index (χ4v) is 7.00. The van der Waals surface area contributed by atoms with Crippen LogP contribution in [0.1, 0.15) is 206 Å². The first kappa shape index (κ1) is 58.0. The predicted octanol–water partition coefficient (Wildman–Crippen LogP) is 12.8. The Bertz CT molecular complexity index is 1180. The van der Waals surface area contributed by atoms with Gasteiger partial charge in [-0.2, -0.15) is 0 Å². The maximum atomic E-state index is 12.8. The monoisotopic (exact) mass is 856 g/mol. The molecule has 0 saturated heterocycles. The number of hydrogen-bond donors (Lipinski definition) is 0. The van der Waals surface area contributed by atoms with Crippen LogP contribution < -0.4 is 5.11 Å². The lowest BCUT2D eigenvalue weighted by atomic mass is 10.1. The van der Waals surface area contributed by atoms with Crippen LogP contribution in [-0.4, -0.2) is 75.5 Å². The van der Waals surface area contributed by atoms with E-state index in [9.17, 15) is 19.5 Å². The van der Waals surface area contributed by atoms with E-state index in [1.165, 1.54) is 122 Å². The standard InChI is InChI=1S/C53H93NO7/c1-6-8-10-12-14-16-18-20-22-24-25-26-28-30-32-34-36-38-40-42-44-52(56)61-49(47-59-46-45-50(53(57)58)54(3,4)5)48-60-51(55)43-41-39-37-35-33-31-29-27-23-21-19-17-15-13-11-9-7-2/h15,17,21,23,25-26,29,31,35,37,49-50H,6-14,16,18-20,22,24,27-28,30,32-34,36,38-48H2,1-5H3/b17-15+,23-21+,26-25+,31-29+,37-35+. The lowest BCUT2D eigenvalue weighted by Gasteiger charge is -2.34. The Kier molecular flexibility index (Phi) is 41.5. The number of nitrogens with zero attached hydrogens (tertiary/aromatic N) is 1. The number of esters is 2. The first-order valence-corrected chi connectivity index (χ1v) is 24.8. The molecular formula is C53H93NO7. The zero-order chi connectivity index (χ0) is 44.9. The number of likely N-dealkylation sites (N-methyl/N-ethyl adjacent to an activating group) is 1. The smallest absolute Gasteiger partial charge is 0.306 e. The lowest BCUT2D eigenvalue weighted by Crippen LogP contribution is -2.55. The molecule has 0 saturated carbocycles. The molecule has 0 fully saturated rings. The molecule has 352 valence electrons. The van der Waals surface area contributed by atoms with E-state index < -0.39 is 18.1 Å². The lowest BCUT2D eigenvalue weighted by molar-refractivity contribution is -0.889. The van der Waals surface area contributed by atoms with Gasteiger partial charge < -0.3 is 28.6 Å². The summed E-state index contributed by atoms with van der Waals surface area (Å²) in [7, 11) is 5.39. The number of quaternary nitrogens is 1. The van der Waals surface area contributed by atoms with Gasteiger partial charge in [-0.25, -0.2) is 0 Å². The Morgan fingerprint density at radius 3 is 1.38 bits per heavy atom. The number of rotatable bonds is 44. The molecule has 2 unspecified atom stereocenters. The third-order valence-corrected chi connectivity index (χ3v) is 10.9. The molecule has 0 heterocycles. The van der Waals surface area contributed by atoms with Crippen LogP contribution >= 0.6 is 0 Å². The molecule has 8 heteroatoms. The second-order valence-corrected chi connectivity index (χ2v) is 17.7. The van der Waals surface area contributed by atoms with E-state index >= 15 is 0 Å². The van der Waals surface area contributed by atoms with E-state index in [0.29, 0.717) is 12.8 Å². The van der Waals surface area contributed by atoms with Crippen LogP contribution in [0, 0.1) is 0 Å². The van der Waals surface area contributed by atoms with E-state index in [2.05, 4.69) is 74.6 Å². The quantitative estimate of drug-likeness (QED) is 0.0260. The van der Waals surface area contributed by atoms with Gasteiger partial charge in [0, 0.05) is 19.3 Å². The highest BCUT2D eigenvalue weighted by Gasteiger charge is 2.25. The number of unbranched alkanes of at least 4 members (excludes halogenated alkanes) is 20. The van der Waals surface area contributed by atoms with Crippen molar-refractivity contribution in [2.45, 2.75) is 219 Å². The summed E-state index contributed by atoms with van der Waals surface area (Å²) in [6, 6.07) is -0.737. The Morgan fingerprint density at radius 2 is 0.885 bits per heavy atom. The number of aliphatic carboxylic acids is 1. The molecule has 0 aliphatic carbocycles. The summed E-state index contributed by atoms with van der Waals surface area (Å²) in [5, 5.41) is 11.6. The number of hydrogen-bond acceptors (Lipinski definition) is 7. The van der Waals surface area contributed by atoms with Gasteiger partial charge in [0.1, 0.15) is 12.6 Å². The van der Waals surface area contributed by atoms with E-state index in [1.54, 1.807) is 21.1 Å². The van der Waals surface area contributed by atoms with Gasteiger partial charge in [0.05, 0.1) is 40.3 Å². The summed E-state index contributed by atoms with van der Waals surface area (Å²) in [6.45, 7) is 4.58. The fourth-order valence-electron chi connectivity index (χ4n) is 7.00. The van der Waals surface area contributed by atoms with Gasteiger partial charge in [0.15, 0.2) is 6.10 Å². The van der Waals surface area contributed by atoms with Crippen LogP contribution in [-0.2, 0) is 28.6 Å². The molecule has 61 heavy (non-hydrogen) atoms. The van der Waals surface area contributed by atoms with Crippen molar-refractivity contribution < 1.29 is 38.2 Å². The highest BCUT2D eigenvalue weighted by molar-refractivity contribution is 5.70. The van der Waals surface area contributed by atoms with Crippen LogP contribution in [0.5, 0.6) is 0 Å². The van der Waals surface area contributed by atoms with Crippen molar-refractivity contribution in [2.75, 3.05) is 41.0 Å². The maximum Gasteiger partial charge on any atom is 0.306 e. The minimum Gasteiger partial charge on any atom is -0.544 e. The van der Waals surface area contributed by atoms with Crippen molar-refractivity contribution in [3.63, 3.8) is 0 Å². The predicted molar refractivity (Wildman–Crippen MR) is 254 cm³/mol. The molecular weight excluding hydrogens is 763 g/mol. The Hall–Kier alpha value is -2.97. The van der Waals surface area contributed by atoms with Crippen molar-refractivity contribution in [1.29, 1.82) is 0 Å². The van der Waals surface area contributed by atoms with E-state index in [4.69, 9.17) is 14.2 Å². The highest BCUT2D eigenvalue weighted by Crippen LogP contribution is 2.14. The first-order valence-electron chi connectivity index (χ1n) is 24.8. The van der Waals surface area contributed by atoms with Gasteiger partial charge in [-0.15, -0.1) is 0 Å². The fraction of sp³-hybridized carbons (Fsp3) is 0.755. The largest absolute Gasteiger partial charge is 0.544 e. The Labute approximate surface area is 375 Å². The average Bonchev–Trinajstić information content (AvgIpc) is 3.22. The normalized spacial score (nSPS) is 13.4. The van der Waals surface area contributed by atoms with Gasteiger partial charge >= 0.3 is 11.9 Å². The van der Waals surface area contributed by atoms with Crippen molar-refractivity contribution in [2.24, 2.45) is 0 Å². The highest BCUT2D eigenvalue weighted by atomic mass is 16.6. The number of allylic oxidation sites excluding steroid dienone is 10. The molecule has 0 spiro atoms. The zero-order valence-electron chi connectivity index (χ0n) is 40.1. The summed E-state index contributed by atoms with van der Waals surface area (Å²) >= 11 is 0. The van der Waals surface area contributed by atoms with Crippen LogP contribution in [0.15, 0.2) is 60.8 Å². The van der Waals surface area contributed by atoms with Crippen molar-refractivity contribution in [3.05, 3.63) is 60.8 Å². The van der Waals surface area contributed by atoms with Gasteiger partial charge in [0.2, 0.25) is 0 Å². The van der Waals surface area contributed by atoms with E-state index in [1.807, 2.05) is 0 Å². The molecule has 0 N–H and O–H groups in total. The molecule has 0 amide bonds. The minimum absolute atomic E-state index is 0.0204. The zero-order valence-corrected chi connectivity index (χ0v) is 40.1.